The number of hydrogen-bond acceptors (Lipinski definition) is 3. The lowest BCUT2D eigenvalue weighted by atomic mass is 10.1. The van der Waals surface area contributed by atoms with Crippen molar-refractivity contribution in [3.8, 4) is 11.5 Å². The fraction of sp³-hybridized carbons (Fsp3) is 0.133. The normalized spacial score (nSPS) is 12.9. The first-order valence-electron chi connectivity index (χ1n) is 6.30. The van der Waals surface area contributed by atoms with Crippen LogP contribution in [0.25, 0.3) is 0 Å². The zero-order chi connectivity index (χ0) is 14.8. The van der Waals surface area contributed by atoms with Gasteiger partial charge in [-0.1, -0.05) is 17.7 Å². The molecule has 0 radical (unpaired) electrons. The van der Waals surface area contributed by atoms with Crippen LogP contribution in [0.1, 0.15) is 10.4 Å². The molecule has 4 nitrogen and oxygen atoms in total. The van der Waals surface area contributed by atoms with Crippen molar-refractivity contribution in [2.75, 3.05) is 18.5 Å². The summed E-state index contributed by atoms with van der Waals surface area (Å²) in [5.41, 5.74) is 1.03. The van der Waals surface area contributed by atoms with E-state index in [2.05, 4.69) is 21.2 Å². The summed E-state index contributed by atoms with van der Waals surface area (Å²) >= 11 is 9.32. The van der Waals surface area contributed by atoms with Crippen molar-refractivity contribution in [2.24, 2.45) is 0 Å². The third kappa shape index (κ3) is 2.99. The lowest BCUT2D eigenvalue weighted by Crippen LogP contribution is -2.20. The van der Waals surface area contributed by atoms with Gasteiger partial charge in [-0.3, -0.25) is 4.79 Å². The van der Waals surface area contributed by atoms with Gasteiger partial charge in [0.2, 0.25) is 0 Å². The number of halogens is 2. The average Bonchev–Trinajstić information content (AvgIpc) is 2.50. The standard InChI is InChI=1S/C15H11BrClNO3/c16-11-5-4-9(17)8-12(11)18-15(19)10-2-1-3-13-14(10)21-7-6-20-13/h1-5,8H,6-7H2,(H,18,19). The van der Waals surface area contributed by atoms with Crippen LogP contribution < -0.4 is 14.8 Å². The Morgan fingerprint density at radius 2 is 2.00 bits per heavy atom. The number of carbonyl (C=O) groups excluding carboxylic acids is 1. The number of hydrogen-bond donors (Lipinski definition) is 1. The minimum absolute atomic E-state index is 0.277. The van der Waals surface area contributed by atoms with Crippen LogP contribution in [0.3, 0.4) is 0 Å². The van der Waals surface area contributed by atoms with Crippen LogP contribution in [0, 0.1) is 0 Å². The first-order chi connectivity index (χ1) is 10.1. The van der Waals surface area contributed by atoms with E-state index in [1.165, 1.54) is 0 Å². The highest BCUT2D eigenvalue weighted by Crippen LogP contribution is 2.34. The molecule has 0 aromatic heterocycles. The Kier molecular flexibility index (Phi) is 4.03. The quantitative estimate of drug-likeness (QED) is 0.867. The van der Waals surface area contributed by atoms with Gasteiger partial charge in [0.05, 0.1) is 11.3 Å². The third-order valence-corrected chi connectivity index (χ3v) is 3.91. The molecule has 2 aromatic carbocycles. The summed E-state index contributed by atoms with van der Waals surface area (Å²) < 4.78 is 11.8. The predicted octanol–water partition coefficient (Wildman–Crippen LogP) is 4.13. The maximum absolute atomic E-state index is 12.4. The second-order valence-corrected chi connectivity index (χ2v) is 5.70. The molecule has 1 amide bonds. The number of para-hydroxylation sites is 1. The lowest BCUT2D eigenvalue weighted by molar-refractivity contribution is 0.101. The maximum atomic E-state index is 12.4. The van der Waals surface area contributed by atoms with Gasteiger partial charge in [0, 0.05) is 9.50 Å². The number of benzene rings is 2. The maximum Gasteiger partial charge on any atom is 0.259 e. The van der Waals surface area contributed by atoms with Gasteiger partial charge < -0.3 is 14.8 Å². The summed E-state index contributed by atoms with van der Waals surface area (Å²) in [6.07, 6.45) is 0. The van der Waals surface area contributed by atoms with E-state index < -0.39 is 0 Å². The Hall–Kier alpha value is -1.72. The second-order valence-electron chi connectivity index (χ2n) is 4.41. The molecule has 0 atom stereocenters. The van der Waals surface area contributed by atoms with E-state index in [9.17, 15) is 4.79 Å². The van der Waals surface area contributed by atoms with E-state index >= 15 is 0 Å². The van der Waals surface area contributed by atoms with E-state index in [1.54, 1.807) is 36.4 Å². The Labute approximate surface area is 135 Å². The summed E-state index contributed by atoms with van der Waals surface area (Å²) in [5, 5.41) is 3.36. The van der Waals surface area contributed by atoms with Crippen molar-refractivity contribution in [1.29, 1.82) is 0 Å². The fourth-order valence-electron chi connectivity index (χ4n) is 2.04. The number of ether oxygens (including phenoxy) is 2. The van der Waals surface area contributed by atoms with Crippen LogP contribution in [-0.2, 0) is 0 Å². The molecule has 6 heteroatoms. The topological polar surface area (TPSA) is 47.6 Å². The van der Waals surface area contributed by atoms with Crippen LogP contribution in [0.5, 0.6) is 11.5 Å². The zero-order valence-corrected chi connectivity index (χ0v) is 13.2. The van der Waals surface area contributed by atoms with Gasteiger partial charge in [-0.2, -0.15) is 0 Å². The Bertz CT molecular complexity index is 705. The van der Waals surface area contributed by atoms with Crippen molar-refractivity contribution >= 4 is 39.1 Å². The Morgan fingerprint density at radius 1 is 1.19 bits per heavy atom. The molecule has 3 rings (SSSR count). The summed E-state index contributed by atoms with van der Waals surface area (Å²) in [6.45, 7) is 0.913. The van der Waals surface area contributed by atoms with Crippen LogP contribution in [0.4, 0.5) is 5.69 Å². The summed E-state index contributed by atoms with van der Waals surface area (Å²) in [6, 6.07) is 10.4. The molecule has 0 fully saturated rings. The number of amides is 1. The van der Waals surface area contributed by atoms with Crippen molar-refractivity contribution in [2.45, 2.75) is 0 Å². The monoisotopic (exact) mass is 367 g/mol. The fourth-order valence-corrected chi connectivity index (χ4v) is 2.55. The smallest absolute Gasteiger partial charge is 0.259 e. The van der Waals surface area contributed by atoms with Crippen LogP contribution in [0.2, 0.25) is 5.02 Å². The molecule has 21 heavy (non-hydrogen) atoms. The molecule has 1 N–H and O–H groups in total. The van der Waals surface area contributed by atoms with Crippen LogP contribution in [0.15, 0.2) is 40.9 Å². The molecule has 2 aromatic rings. The van der Waals surface area contributed by atoms with E-state index in [4.69, 9.17) is 21.1 Å². The van der Waals surface area contributed by atoms with Gasteiger partial charge in [-0.05, 0) is 46.3 Å². The summed E-state index contributed by atoms with van der Waals surface area (Å²) in [7, 11) is 0. The SMILES string of the molecule is O=C(Nc1cc(Cl)ccc1Br)c1cccc2c1OCCO2. The summed E-state index contributed by atoms with van der Waals surface area (Å²) in [5.74, 6) is 0.777. The minimum atomic E-state index is -0.277. The molecular formula is C15H11BrClNO3. The second kappa shape index (κ2) is 5.95. The molecule has 1 aliphatic rings. The van der Waals surface area contributed by atoms with E-state index in [0.717, 1.165) is 4.47 Å². The van der Waals surface area contributed by atoms with E-state index in [-0.39, 0.29) is 5.91 Å². The van der Waals surface area contributed by atoms with Crippen molar-refractivity contribution in [3.63, 3.8) is 0 Å². The van der Waals surface area contributed by atoms with E-state index in [0.29, 0.717) is 41.0 Å². The van der Waals surface area contributed by atoms with Gasteiger partial charge in [0.1, 0.15) is 13.2 Å². The van der Waals surface area contributed by atoms with Crippen molar-refractivity contribution in [3.05, 3.63) is 51.5 Å². The first kappa shape index (κ1) is 14.2. The van der Waals surface area contributed by atoms with Crippen molar-refractivity contribution < 1.29 is 14.3 Å². The van der Waals surface area contributed by atoms with E-state index in [1.807, 2.05) is 0 Å². The van der Waals surface area contributed by atoms with Gasteiger partial charge in [0.25, 0.3) is 5.91 Å². The highest BCUT2D eigenvalue weighted by Gasteiger charge is 2.20. The van der Waals surface area contributed by atoms with Crippen LogP contribution in [-0.4, -0.2) is 19.1 Å². The number of carbonyl (C=O) groups is 1. The molecule has 0 spiro atoms. The lowest BCUT2D eigenvalue weighted by Gasteiger charge is -2.20. The van der Waals surface area contributed by atoms with Gasteiger partial charge in [0.15, 0.2) is 11.5 Å². The number of rotatable bonds is 2. The molecular weight excluding hydrogens is 358 g/mol. The number of fused-ring (bicyclic) bond motifs is 1. The molecule has 1 aliphatic heterocycles. The number of nitrogens with one attached hydrogen (secondary N) is 1. The Balaban J connectivity index is 1.91. The largest absolute Gasteiger partial charge is 0.486 e. The average molecular weight is 369 g/mol. The molecule has 0 bridgehead atoms. The van der Waals surface area contributed by atoms with Crippen LogP contribution >= 0.6 is 27.5 Å². The molecule has 0 saturated carbocycles. The van der Waals surface area contributed by atoms with Gasteiger partial charge in [-0.15, -0.1) is 0 Å². The molecule has 108 valence electrons. The first-order valence-corrected chi connectivity index (χ1v) is 7.47. The highest BCUT2D eigenvalue weighted by molar-refractivity contribution is 9.10. The number of anilines is 1. The minimum Gasteiger partial charge on any atom is -0.486 e. The Morgan fingerprint density at radius 3 is 2.86 bits per heavy atom. The molecule has 1 heterocycles. The van der Waals surface area contributed by atoms with Crippen molar-refractivity contribution in [1.82, 2.24) is 0 Å². The summed E-state index contributed by atoms with van der Waals surface area (Å²) in [4.78, 5) is 12.4. The predicted molar refractivity (Wildman–Crippen MR) is 84.5 cm³/mol. The van der Waals surface area contributed by atoms with Gasteiger partial charge in [-0.25, -0.2) is 0 Å². The highest BCUT2D eigenvalue weighted by atomic mass is 79.9. The molecule has 0 unspecified atom stereocenters. The van der Waals surface area contributed by atoms with Gasteiger partial charge >= 0.3 is 0 Å². The molecule has 0 aliphatic carbocycles. The molecule has 0 saturated heterocycles. The zero-order valence-electron chi connectivity index (χ0n) is 10.9. The third-order valence-electron chi connectivity index (χ3n) is 2.99.